The number of amides is 4. The Balaban J connectivity index is 0.907. The zero-order chi connectivity index (χ0) is 38.9. The van der Waals surface area contributed by atoms with Gasteiger partial charge in [0.15, 0.2) is 0 Å². The van der Waals surface area contributed by atoms with Crippen molar-refractivity contribution in [2.75, 3.05) is 25.2 Å². The Morgan fingerprint density at radius 3 is 1.75 bits per heavy atom. The number of fused-ring (bicyclic) bond motifs is 2. The molecule has 4 amide bonds. The molecule has 7 aromatic rings. The number of hydrogen-bond donors (Lipinski definition) is 3. The number of H-pyrrole nitrogens is 2. The number of aromatic nitrogens is 4. The molecule has 2 aliphatic rings. The molecule has 0 saturated carbocycles. The van der Waals surface area contributed by atoms with E-state index in [1.54, 1.807) is 29.2 Å². The number of urea groups is 1. The molecule has 2 fully saturated rings. The number of aromatic amines is 2. The number of para-hydroxylation sites is 1. The standard InChI is InChI=1S/C45H42N8O4/c1-57-44(55)50-53(34-12-6-3-7-13-34)45(56)52-25-9-15-40(52)43-47-36-23-21-33(28-38(36)49-43)31-18-16-30(17-19-31)32-20-22-35-37(27-32)48-42(46-35)39-14-8-24-51(39)41(54)26-29-10-4-2-5-11-29/h2-7,10-13,16-23,27-28,39-40H,8-9,14-15,24-26H2,1H3,(H,46,48)(H,47,49)(H,50,55)/t39-,40-/m0/s1. The first-order valence-corrected chi connectivity index (χ1v) is 19.4. The molecule has 3 N–H and O–H groups in total. The average molecular weight is 759 g/mol. The van der Waals surface area contributed by atoms with Crippen LogP contribution in [0, 0.1) is 0 Å². The van der Waals surface area contributed by atoms with Crippen LogP contribution < -0.4 is 10.4 Å². The molecule has 2 atom stereocenters. The highest BCUT2D eigenvalue weighted by Crippen LogP contribution is 2.36. The Morgan fingerprint density at radius 2 is 1.19 bits per heavy atom. The van der Waals surface area contributed by atoms with Crippen molar-refractivity contribution in [1.29, 1.82) is 0 Å². The minimum atomic E-state index is -0.735. The zero-order valence-electron chi connectivity index (χ0n) is 31.5. The van der Waals surface area contributed by atoms with Gasteiger partial charge in [0.1, 0.15) is 11.6 Å². The van der Waals surface area contributed by atoms with Crippen LogP contribution in [-0.2, 0) is 16.0 Å². The van der Waals surface area contributed by atoms with E-state index in [1.165, 1.54) is 12.1 Å². The molecule has 9 rings (SSSR count). The molecule has 12 heteroatoms. The molecular weight excluding hydrogens is 717 g/mol. The molecule has 0 radical (unpaired) electrons. The molecule has 5 aromatic carbocycles. The van der Waals surface area contributed by atoms with E-state index in [4.69, 9.17) is 14.7 Å². The summed E-state index contributed by atoms with van der Waals surface area (Å²) in [5.74, 6) is 1.67. The van der Waals surface area contributed by atoms with Crippen LogP contribution in [0.3, 0.4) is 0 Å². The SMILES string of the molecule is COC(=O)NN(C(=O)N1CCC[C@H]1c1nc2ccc(-c3ccc(-c4ccc5nc([C@@H]6CCCN6C(=O)Cc6ccccc6)[nH]c5c4)cc3)cc2[nH]1)c1ccccc1. The molecule has 2 aliphatic heterocycles. The second kappa shape index (κ2) is 15.3. The lowest BCUT2D eigenvalue weighted by Gasteiger charge is -2.30. The van der Waals surface area contributed by atoms with Gasteiger partial charge in [0.05, 0.1) is 53.4 Å². The zero-order valence-corrected chi connectivity index (χ0v) is 31.5. The van der Waals surface area contributed by atoms with Gasteiger partial charge in [-0.2, -0.15) is 5.01 Å². The predicted molar refractivity (Wildman–Crippen MR) is 219 cm³/mol. The molecular formula is C45H42N8O4. The van der Waals surface area contributed by atoms with E-state index in [9.17, 15) is 14.4 Å². The van der Waals surface area contributed by atoms with Crippen LogP contribution >= 0.6 is 0 Å². The number of imidazole rings is 2. The van der Waals surface area contributed by atoms with E-state index in [-0.39, 0.29) is 24.0 Å². The normalized spacial score (nSPS) is 16.6. The second-order valence-corrected chi connectivity index (χ2v) is 14.6. The average Bonchev–Trinajstić information content (AvgIpc) is 4.08. The van der Waals surface area contributed by atoms with Crippen molar-refractivity contribution >= 4 is 45.8 Å². The number of benzene rings is 5. The van der Waals surface area contributed by atoms with Crippen molar-refractivity contribution in [3.63, 3.8) is 0 Å². The van der Waals surface area contributed by atoms with Crippen molar-refractivity contribution in [3.05, 3.63) is 139 Å². The van der Waals surface area contributed by atoms with Crippen LogP contribution in [0.2, 0.25) is 0 Å². The number of hydrogen-bond acceptors (Lipinski definition) is 6. The molecule has 4 heterocycles. The lowest BCUT2D eigenvalue weighted by molar-refractivity contribution is -0.131. The topological polar surface area (TPSA) is 140 Å². The summed E-state index contributed by atoms with van der Waals surface area (Å²) in [6.07, 6.45) is 3.04. The third kappa shape index (κ3) is 7.17. The first kappa shape index (κ1) is 35.7. The number of methoxy groups -OCH3 is 1. The second-order valence-electron chi connectivity index (χ2n) is 14.6. The summed E-state index contributed by atoms with van der Waals surface area (Å²) in [6, 6.07) is 39.1. The van der Waals surface area contributed by atoms with Gasteiger partial charge in [0.2, 0.25) is 5.91 Å². The van der Waals surface area contributed by atoms with Crippen molar-refractivity contribution in [3.8, 4) is 22.3 Å². The minimum absolute atomic E-state index is 0.0560. The number of anilines is 1. The number of nitrogens with zero attached hydrogens (tertiary/aromatic N) is 5. The molecule has 0 unspecified atom stereocenters. The van der Waals surface area contributed by atoms with Crippen molar-refractivity contribution in [1.82, 2.24) is 35.2 Å². The predicted octanol–water partition coefficient (Wildman–Crippen LogP) is 8.71. The number of carbonyl (C=O) groups is 3. The van der Waals surface area contributed by atoms with E-state index in [0.29, 0.717) is 24.5 Å². The number of ether oxygens (including phenoxy) is 1. The highest BCUT2D eigenvalue weighted by molar-refractivity contribution is 5.94. The maximum absolute atomic E-state index is 13.9. The number of hydrazine groups is 1. The maximum atomic E-state index is 13.9. The summed E-state index contributed by atoms with van der Waals surface area (Å²) in [4.78, 5) is 59.9. The number of nitrogens with one attached hydrogen (secondary N) is 3. The van der Waals surface area contributed by atoms with Gasteiger partial charge >= 0.3 is 12.1 Å². The van der Waals surface area contributed by atoms with Crippen LogP contribution in [0.15, 0.2) is 121 Å². The summed E-state index contributed by atoms with van der Waals surface area (Å²) in [5.41, 5.74) is 11.9. The summed E-state index contributed by atoms with van der Waals surface area (Å²) >= 11 is 0. The number of rotatable bonds is 7. The number of carbonyl (C=O) groups excluding carboxylic acids is 3. The quantitative estimate of drug-likeness (QED) is 0.139. The van der Waals surface area contributed by atoms with Crippen LogP contribution in [0.1, 0.15) is 55.0 Å². The fourth-order valence-electron chi connectivity index (χ4n) is 8.16. The van der Waals surface area contributed by atoms with Gasteiger partial charge < -0.3 is 24.5 Å². The van der Waals surface area contributed by atoms with E-state index in [2.05, 4.69) is 63.9 Å². The van der Waals surface area contributed by atoms with Crippen molar-refractivity contribution in [2.45, 2.75) is 44.2 Å². The summed E-state index contributed by atoms with van der Waals surface area (Å²) < 4.78 is 4.80. The Morgan fingerprint density at radius 1 is 0.684 bits per heavy atom. The molecule has 0 spiro atoms. The van der Waals surface area contributed by atoms with Crippen LogP contribution in [0.4, 0.5) is 15.3 Å². The Kier molecular flexibility index (Phi) is 9.59. The fourth-order valence-corrected chi connectivity index (χ4v) is 8.16. The highest BCUT2D eigenvalue weighted by Gasteiger charge is 2.36. The molecule has 12 nitrogen and oxygen atoms in total. The van der Waals surface area contributed by atoms with Crippen LogP contribution in [0.25, 0.3) is 44.3 Å². The molecule has 0 aliphatic carbocycles. The van der Waals surface area contributed by atoms with Crippen LogP contribution in [0.5, 0.6) is 0 Å². The molecule has 57 heavy (non-hydrogen) atoms. The summed E-state index contributed by atoms with van der Waals surface area (Å²) in [5, 5.41) is 1.22. The first-order chi connectivity index (χ1) is 27.9. The number of likely N-dealkylation sites (tertiary alicyclic amines) is 2. The Hall–Kier alpha value is -6.95. The maximum Gasteiger partial charge on any atom is 0.426 e. The summed E-state index contributed by atoms with van der Waals surface area (Å²) in [6.45, 7) is 1.26. The van der Waals surface area contributed by atoms with Gasteiger partial charge in [-0.25, -0.2) is 25.0 Å². The van der Waals surface area contributed by atoms with Gasteiger partial charge in [0.25, 0.3) is 0 Å². The van der Waals surface area contributed by atoms with E-state index in [0.717, 1.165) is 87.9 Å². The fraction of sp³-hybridized carbons (Fsp3) is 0.222. The van der Waals surface area contributed by atoms with E-state index in [1.807, 2.05) is 53.4 Å². The first-order valence-electron chi connectivity index (χ1n) is 19.4. The highest BCUT2D eigenvalue weighted by atomic mass is 16.5. The largest absolute Gasteiger partial charge is 0.452 e. The van der Waals surface area contributed by atoms with E-state index < -0.39 is 6.09 Å². The van der Waals surface area contributed by atoms with Gasteiger partial charge in [-0.15, -0.1) is 0 Å². The van der Waals surface area contributed by atoms with Crippen molar-refractivity contribution in [2.24, 2.45) is 0 Å². The van der Waals surface area contributed by atoms with Gasteiger partial charge in [-0.05, 0) is 89.9 Å². The third-order valence-electron chi connectivity index (χ3n) is 11.0. The Bertz CT molecular complexity index is 2570. The minimum Gasteiger partial charge on any atom is -0.452 e. The summed E-state index contributed by atoms with van der Waals surface area (Å²) in [7, 11) is 1.26. The molecule has 286 valence electrons. The lowest BCUT2D eigenvalue weighted by atomic mass is 10.00. The monoisotopic (exact) mass is 758 g/mol. The van der Waals surface area contributed by atoms with Crippen molar-refractivity contribution < 1.29 is 19.1 Å². The Labute approximate surface area is 329 Å². The van der Waals surface area contributed by atoms with Crippen LogP contribution in [-0.4, -0.2) is 68.0 Å². The van der Waals surface area contributed by atoms with Gasteiger partial charge in [-0.1, -0.05) is 84.9 Å². The molecule has 2 saturated heterocycles. The molecule has 0 bridgehead atoms. The third-order valence-corrected chi connectivity index (χ3v) is 11.0. The molecule has 2 aromatic heterocycles. The lowest BCUT2D eigenvalue weighted by Crippen LogP contribution is -2.52. The van der Waals surface area contributed by atoms with Gasteiger partial charge in [0, 0.05) is 13.1 Å². The van der Waals surface area contributed by atoms with Gasteiger partial charge in [-0.3, -0.25) is 4.79 Å². The van der Waals surface area contributed by atoms with E-state index >= 15 is 0 Å². The smallest absolute Gasteiger partial charge is 0.426 e.